The molecular formula is C15H17ClN4S. The van der Waals surface area contributed by atoms with E-state index in [-0.39, 0.29) is 5.54 Å². The van der Waals surface area contributed by atoms with Crippen molar-refractivity contribution in [3.05, 3.63) is 40.2 Å². The van der Waals surface area contributed by atoms with Crippen molar-refractivity contribution in [1.29, 1.82) is 0 Å². The Balaban J connectivity index is 2.28. The summed E-state index contributed by atoms with van der Waals surface area (Å²) in [5.41, 5.74) is 2.49. The van der Waals surface area contributed by atoms with Gasteiger partial charge in [-0.1, -0.05) is 0 Å². The molecule has 3 aromatic heterocycles. The Hall–Kier alpha value is -1.46. The molecule has 21 heavy (non-hydrogen) atoms. The third-order valence-corrected chi connectivity index (χ3v) is 4.82. The molecular weight excluding hydrogens is 304 g/mol. The number of fused-ring (bicyclic) bond motifs is 1. The van der Waals surface area contributed by atoms with E-state index in [1.807, 2.05) is 30.6 Å². The Labute approximate surface area is 132 Å². The third-order valence-electron chi connectivity index (χ3n) is 3.55. The van der Waals surface area contributed by atoms with Gasteiger partial charge in [-0.2, -0.15) is 0 Å². The van der Waals surface area contributed by atoms with Crippen molar-refractivity contribution < 1.29 is 0 Å². The van der Waals surface area contributed by atoms with Crippen LogP contribution in [0.25, 0.3) is 11.2 Å². The fourth-order valence-electron chi connectivity index (χ4n) is 2.56. The Morgan fingerprint density at radius 3 is 2.76 bits per heavy atom. The van der Waals surface area contributed by atoms with E-state index in [1.54, 1.807) is 11.3 Å². The second-order valence-electron chi connectivity index (χ2n) is 5.49. The molecule has 3 heterocycles. The van der Waals surface area contributed by atoms with Crippen LogP contribution in [-0.2, 0) is 12.0 Å². The average Bonchev–Trinajstić information content (AvgIpc) is 3.05. The van der Waals surface area contributed by atoms with Gasteiger partial charge in [0, 0.05) is 29.6 Å². The number of nitrogens with zero attached hydrogens (tertiary/aromatic N) is 4. The van der Waals surface area contributed by atoms with Gasteiger partial charge in [0.2, 0.25) is 0 Å². The molecule has 0 fully saturated rings. The van der Waals surface area contributed by atoms with E-state index in [0.717, 1.165) is 27.7 Å². The minimum Gasteiger partial charge on any atom is -0.300 e. The molecule has 0 radical (unpaired) electrons. The molecule has 0 saturated heterocycles. The lowest BCUT2D eigenvalue weighted by molar-refractivity contribution is 0.428. The highest BCUT2D eigenvalue weighted by molar-refractivity contribution is 7.09. The maximum atomic E-state index is 5.96. The zero-order chi connectivity index (χ0) is 15.0. The van der Waals surface area contributed by atoms with Gasteiger partial charge in [-0.3, -0.25) is 0 Å². The van der Waals surface area contributed by atoms with Crippen LogP contribution in [0.4, 0.5) is 0 Å². The first kappa shape index (κ1) is 14.5. The molecule has 0 amide bonds. The van der Waals surface area contributed by atoms with Crippen LogP contribution in [0.1, 0.15) is 30.4 Å². The number of alkyl halides is 1. The minimum absolute atomic E-state index is 0.300. The maximum absolute atomic E-state index is 5.96. The van der Waals surface area contributed by atoms with Crippen molar-refractivity contribution in [2.45, 2.75) is 32.7 Å². The number of hydrogen-bond acceptors (Lipinski definition) is 4. The Morgan fingerprint density at radius 2 is 2.10 bits per heavy atom. The van der Waals surface area contributed by atoms with Gasteiger partial charge >= 0.3 is 0 Å². The van der Waals surface area contributed by atoms with Gasteiger partial charge in [0.1, 0.15) is 16.3 Å². The van der Waals surface area contributed by atoms with Crippen molar-refractivity contribution in [2.75, 3.05) is 5.88 Å². The number of pyridine rings is 1. The van der Waals surface area contributed by atoms with Crippen molar-refractivity contribution in [1.82, 2.24) is 19.5 Å². The number of halogens is 1. The van der Waals surface area contributed by atoms with E-state index < -0.39 is 0 Å². The van der Waals surface area contributed by atoms with E-state index in [1.165, 1.54) is 0 Å². The number of imidazole rings is 1. The van der Waals surface area contributed by atoms with E-state index in [2.05, 4.69) is 28.4 Å². The Kier molecular flexibility index (Phi) is 3.71. The van der Waals surface area contributed by atoms with Gasteiger partial charge in [0.05, 0.1) is 5.54 Å². The van der Waals surface area contributed by atoms with Gasteiger partial charge in [-0.15, -0.1) is 22.9 Å². The molecule has 0 atom stereocenters. The zero-order valence-electron chi connectivity index (χ0n) is 12.3. The first-order valence-corrected chi connectivity index (χ1v) is 8.27. The second kappa shape index (κ2) is 5.39. The van der Waals surface area contributed by atoms with Crippen molar-refractivity contribution in [3.63, 3.8) is 0 Å². The van der Waals surface area contributed by atoms with Crippen LogP contribution >= 0.6 is 22.9 Å². The number of hydrogen-bond donors (Lipinski definition) is 0. The predicted octanol–water partition coefficient (Wildman–Crippen LogP) is 3.76. The first-order valence-electron chi connectivity index (χ1n) is 6.85. The molecule has 0 aliphatic heterocycles. The molecule has 0 spiro atoms. The first-order chi connectivity index (χ1) is 10.0. The van der Waals surface area contributed by atoms with Crippen LogP contribution in [0.5, 0.6) is 0 Å². The largest absolute Gasteiger partial charge is 0.300 e. The van der Waals surface area contributed by atoms with E-state index in [9.17, 15) is 0 Å². The summed E-state index contributed by atoms with van der Waals surface area (Å²) in [6.07, 6.45) is 2.55. The SMILES string of the molecule is Cc1ccc2nc(CCCl)n(C(C)(C)c3nccs3)c2n1. The third kappa shape index (κ3) is 2.45. The average molecular weight is 321 g/mol. The summed E-state index contributed by atoms with van der Waals surface area (Å²) < 4.78 is 2.18. The number of thiazole rings is 1. The molecule has 0 N–H and O–H groups in total. The van der Waals surface area contributed by atoms with E-state index in [0.29, 0.717) is 12.3 Å². The lowest BCUT2D eigenvalue weighted by atomic mass is 10.1. The minimum atomic E-state index is -0.300. The highest BCUT2D eigenvalue weighted by Crippen LogP contribution is 2.32. The maximum Gasteiger partial charge on any atom is 0.161 e. The Bertz CT molecular complexity index is 761. The zero-order valence-corrected chi connectivity index (χ0v) is 13.9. The summed E-state index contributed by atoms with van der Waals surface area (Å²) in [6, 6.07) is 4.00. The molecule has 0 aliphatic rings. The second-order valence-corrected chi connectivity index (χ2v) is 6.77. The van der Waals surface area contributed by atoms with Gasteiger partial charge in [0.25, 0.3) is 0 Å². The number of rotatable bonds is 4. The molecule has 0 saturated carbocycles. The number of aromatic nitrogens is 4. The summed E-state index contributed by atoms with van der Waals surface area (Å²) in [5.74, 6) is 1.49. The van der Waals surface area contributed by atoms with Crippen LogP contribution in [0.2, 0.25) is 0 Å². The summed E-state index contributed by atoms with van der Waals surface area (Å²) >= 11 is 7.60. The fraction of sp³-hybridized carbons (Fsp3) is 0.400. The molecule has 0 bridgehead atoms. The highest BCUT2D eigenvalue weighted by Gasteiger charge is 2.30. The molecule has 0 aromatic carbocycles. The van der Waals surface area contributed by atoms with Crippen molar-refractivity contribution in [3.8, 4) is 0 Å². The monoisotopic (exact) mass is 320 g/mol. The highest BCUT2D eigenvalue weighted by atomic mass is 35.5. The normalized spacial score (nSPS) is 12.2. The standard InChI is InChI=1S/C15H17ClN4S/c1-10-4-5-11-13(18-10)20(12(19-11)6-7-16)15(2,3)14-17-8-9-21-14/h4-5,8-9H,6-7H2,1-3H3. The molecule has 0 unspecified atom stereocenters. The molecule has 3 rings (SSSR count). The van der Waals surface area contributed by atoms with Crippen LogP contribution in [-0.4, -0.2) is 25.4 Å². The van der Waals surface area contributed by atoms with Crippen LogP contribution < -0.4 is 0 Å². The molecule has 3 aromatic rings. The summed E-state index contributed by atoms with van der Waals surface area (Å²) in [6.45, 7) is 6.29. The topological polar surface area (TPSA) is 43.6 Å². The van der Waals surface area contributed by atoms with Gasteiger partial charge in [0.15, 0.2) is 5.65 Å². The van der Waals surface area contributed by atoms with E-state index in [4.69, 9.17) is 16.6 Å². The Morgan fingerprint density at radius 1 is 1.29 bits per heavy atom. The summed E-state index contributed by atoms with van der Waals surface area (Å²) in [4.78, 5) is 13.9. The summed E-state index contributed by atoms with van der Waals surface area (Å²) in [7, 11) is 0. The molecule has 110 valence electrons. The van der Waals surface area contributed by atoms with Crippen LogP contribution in [0, 0.1) is 6.92 Å². The lowest BCUT2D eigenvalue weighted by Crippen LogP contribution is -2.30. The van der Waals surface area contributed by atoms with Gasteiger partial charge < -0.3 is 4.57 Å². The molecule has 4 nitrogen and oxygen atoms in total. The smallest absolute Gasteiger partial charge is 0.161 e. The molecule has 0 aliphatic carbocycles. The number of aryl methyl sites for hydroxylation is 2. The van der Waals surface area contributed by atoms with Crippen LogP contribution in [0.15, 0.2) is 23.7 Å². The van der Waals surface area contributed by atoms with Crippen molar-refractivity contribution in [2.24, 2.45) is 0 Å². The van der Waals surface area contributed by atoms with Crippen molar-refractivity contribution >= 4 is 34.1 Å². The quantitative estimate of drug-likeness (QED) is 0.687. The van der Waals surface area contributed by atoms with Gasteiger partial charge in [-0.25, -0.2) is 15.0 Å². The summed E-state index contributed by atoms with van der Waals surface area (Å²) in [5, 5.41) is 3.04. The van der Waals surface area contributed by atoms with Crippen LogP contribution in [0.3, 0.4) is 0 Å². The van der Waals surface area contributed by atoms with E-state index >= 15 is 0 Å². The lowest BCUT2D eigenvalue weighted by Gasteiger charge is -2.26. The predicted molar refractivity (Wildman–Crippen MR) is 87.2 cm³/mol. The molecule has 6 heteroatoms. The fourth-order valence-corrected chi connectivity index (χ4v) is 3.48. The van der Waals surface area contributed by atoms with Gasteiger partial charge in [-0.05, 0) is 32.9 Å².